The zero-order valence-corrected chi connectivity index (χ0v) is 15.0. The second-order valence-electron chi connectivity index (χ2n) is 6.68. The molecule has 1 saturated carbocycles. The van der Waals surface area contributed by atoms with Crippen LogP contribution in [0.5, 0.6) is 0 Å². The molecule has 1 aromatic heterocycles. The Labute approximate surface area is 155 Å². The van der Waals surface area contributed by atoms with Gasteiger partial charge >= 0.3 is 0 Å². The lowest BCUT2D eigenvalue weighted by molar-refractivity contribution is -0.121. The molecule has 1 unspecified atom stereocenters. The van der Waals surface area contributed by atoms with Gasteiger partial charge in [-0.3, -0.25) is 4.79 Å². The lowest BCUT2D eigenvalue weighted by Crippen LogP contribution is -2.21. The number of halogens is 1. The van der Waals surface area contributed by atoms with E-state index < -0.39 is 0 Å². The zero-order valence-electron chi connectivity index (χ0n) is 14.2. The summed E-state index contributed by atoms with van der Waals surface area (Å²) in [6, 6.07) is 5.24. The zero-order chi connectivity index (χ0) is 17.9. The van der Waals surface area contributed by atoms with E-state index in [1.807, 2.05) is 0 Å². The Morgan fingerprint density at radius 1 is 1.38 bits per heavy atom. The van der Waals surface area contributed by atoms with Crippen molar-refractivity contribution in [3.05, 3.63) is 29.0 Å². The highest BCUT2D eigenvalue weighted by atomic mass is 35.5. The summed E-state index contributed by atoms with van der Waals surface area (Å²) < 4.78 is 12.4. The van der Waals surface area contributed by atoms with Crippen LogP contribution in [0.15, 0.2) is 18.2 Å². The van der Waals surface area contributed by atoms with Crippen molar-refractivity contribution in [2.75, 3.05) is 31.7 Å². The second kappa shape index (κ2) is 7.69. The van der Waals surface area contributed by atoms with Gasteiger partial charge in [-0.15, -0.1) is 5.10 Å². The molecule has 1 amide bonds. The van der Waals surface area contributed by atoms with E-state index >= 15 is 0 Å². The first-order chi connectivity index (χ1) is 12.7. The van der Waals surface area contributed by atoms with Gasteiger partial charge in [-0.2, -0.15) is 4.68 Å². The molecule has 9 heteroatoms. The molecular formula is C17H20ClN5O3. The molecule has 138 valence electrons. The van der Waals surface area contributed by atoms with Gasteiger partial charge in [0.2, 0.25) is 5.91 Å². The molecule has 1 atom stereocenters. The summed E-state index contributed by atoms with van der Waals surface area (Å²) in [5, 5.41) is 15.2. The Morgan fingerprint density at radius 3 is 3.04 bits per heavy atom. The van der Waals surface area contributed by atoms with Gasteiger partial charge in [0.15, 0.2) is 5.82 Å². The van der Waals surface area contributed by atoms with E-state index in [1.54, 1.807) is 22.9 Å². The fourth-order valence-corrected chi connectivity index (χ4v) is 3.14. The first-order valence-electron chi connectivity index (χ1n) is 8.74. The Morgan fingerprint density at radius 2 is 2.27 bits per heavy atom. The van der Waals surface area contributed by atoms with E-state index in [0.29, 0.717) is 41.4 Å². The van der Waals surface area contributed by atoms with Crippen LogP contribution < -0.4 is 5.32 Å². The van der Waals surface area contributed by atoms with Crippen LogP contribution in [0, 0.1) is 5.92 Å². The van der Waals surface area contributed by atoms with Crippen LogP contribution in [0.1, 0.15) is 31.0 Å². The molecule has 8 nitrogen and oxygen atoms in total. The number of nitrogens with zero attached hydrogens (tertiary/aromatic N) is 4. The van der Waals surface area contributed by atoms with E-state index in [-0.39, 0.29) is 12.5 Å². The van der Waals surface area contributed by atoms with Crippen molar-refractivity contribution in [1.29, 1.82) is 0 Å². The highest BCUT2D eigenvalue weighted by Gasteiger charge is 2.30. The summed E-state index contributed by atoms with van der Waals surface area (Å²) >= 11 is 6.31. The molecule has 2 fully saturated rings. The lowest BCUT2D eigenvalue weighted by Gasteiger charge is -2.11. The topological polar surface area (TPSA) is 91.2 Å². The van der Waals surface area contributed by atoms with Crippen LogP contribution in [-0.2, 0) is 14.3 Å². The van der Waals surface area contributed by atoms with Crippen LogP contribution >= 0.6 is 11.6 Å². The molecule has 2 aliphatic rings. The normalized spacial score (nSPS) is 19.7. The standard InChI is InChI=1S/C17H20ClN5O3/c18-14-4-3-13(19-16(24)10-26-9-11-5-6-25-8-11)7-15(14)23-17(12-1-2-12)20-21-22-23/h3-4,7,11-12H,1-2,5-6,8-10H2,(H,19,24). The number of hydrogen-bond donors (Lipinski definition) is 1. The Balaban J connectivity index is 1.39. The van der Waals surface area contributed by atoms with E-state index in [2.05, 4.69) is 20.8 Å². The molecule has 1 aliphatic heterocycles. The highest BCUT2D eigenvalue weighted by molar-refractivity contribution is 6.32. The number of carbonyl (C=O) groups excluding carboxylic acids is 1. The van der Waals surface area contributed by atoms with Crippen LogP contribution in [0.25, 0.3) is 5.69 Å². The smallest absolute Gasteiger partial charge is 0.250 e. The molecular weight excluding hydrogens is 358 g/mol. The number of tetrazole rings is 1. The molecule has 0 bridgehead atoms. The molecule has 1 aliphatic carbocycles. The summed E-state index contributed by atoms with van der Waals surface area (Å²) in [4.78, 5) is 12.1. The summed E-state index contributed by atoms with van der Waals surface area (Å²) in [6.45, 7) is 2.02. The van der Waals surface area contributed by atoms with Crippen molar-refractivity contribution >= 4 is 23.2 Å². The van der Waals surface area contributed by atoms with Crippen molar-refractivity contribution in [1.82, 2.24) is 20.2 Å². The summed E-state index contributed by atoms with van der Waals surface area (Å²) in [7, 11) is 0. The number of nitrogens with one attached hydrogen (secondary N) is 1. The summed E-state index contributed by atoms with van der Waals surface area (Å²) in [5.74, 6) is 1.35. The monoisotopic (exact) mass is 377 g/mol. The molecule has 4 rings (SSSR count). The first-order valence-corrected chi connectivity index (χ1v) is 9.12. The Bertz CT molecular complexity index is 786. The second-order valence-corrected chi connectivity index (χ2v) is 7.09. The third-order valence-electron chi connectivity index (χ3n) is 4.50. The van der Waals surface area contributed by atoms with Gasteiger partial charge in [0.05, 0.1) is 23.9 Å². The lowest BCUT2D eigenvalue weighted by atomic mass is 10.1. The van der Waals surface area contributed by atoms with E-state index in [9.17, 15) is 4.79 Å². The third-order valence-corrected chi connectivity index (χ3v) is 4.82. The predicted molar refractivity (Wildman–Crippen MR) is 94.5 cm³/mol. The van der Waals surface area contributed by atoms with Crippen molar-refractivity contribution in [2.45, 2.75) is 25.2 Å². The van der Waals surface area contributed by atoms with Gasteiger partial charge in [0.25, 0.3) is 0 Å². The fraction of sp³-hybridized carbons (Fsp3) is 0.529. The first kappa shape index (κ1) is 17.4. The van der Waals surface area contributed by atoms with Gasteiger partial charge in [-0.05, 0) is 47.9 Å². The molecule has 1 N–H and O–H groups in total. The van der Waals surface area contributed by atoms with Crippen molar-refractivity contribution < 1.29 is 14.3 Å². The fourth-order valence-electron chi connectivity index (χ4n) is 2.94. The van der Waals surface area contributed by atoms with Crippen LogP contribution in [0.4, 0.5) is 5.69 Å². The largest absolute Gasteiger partial charge is 0.381 e. The number of carbonyl (C=O) groups is 1. The van der Waals surface area contributed by atoms with Gasteiger partial charge in [0.1, 0.15) is 6.61 Å². The molecule has 0 radical (unpaired) electrons. The molecule has 1 aromatic carbocycles. The van der Waals surface area contributed by atoms with Crippen molar-refractivity contribution in [2.24, 2.45) is 5.92 Å². The van der Waals surface area contributed by atoms with E-state index in [0.717, 1.165) is 31.7 Å². The van der Waals surface area contributed by atoms with Gasteiger partial charge in [0, 0.05) is 24.1 Å². The molecule has 2 aromatic rings. The SMILES string of the molecule is O=C(COCC1CCOC1)Nc1ccc(Cl)c(-n2nnnc2C2CC2)c1. The predicted octanol–water partition coefficient (Wildman–Crippen LogP) is 2.18. The molecule has 1 saturated heterocycles. The average Bonchev–Trinajstić information content (AvgIpc) is 3.13. The number of benzene rings is 1. The van der Waals surface area contributed by atoms with Gasteiger partial charge < -0.3 is 14.8 Å². The molecule has 0 spiro atoms. The number of rotatable bonds is 7. The molecule has 26 heavy (non-hydrogen) atoms. The van der Waals surface area contributed by atoms with Gasteiger partial charge in [-0.1, -0.05) is 11.6 Å². The number of hydrogen-bond acceptors (Lipinski definition) is 6. The highest BCUT2D eigenvalue weighted by Crippen LogP contribution is 2.39. The minimum atomic E-state index is -0.212. The number of anilines is 1. The maximum absolute atomic E-state index is 12.1. The molecule has 2 heterocycles. The Hall–Kier alpha value is -2.03. The minimum Gasteiger partial charge on any atom is -0.381 e. The maximum Gasteiger partial charge on any atom is 0.250 e. The third kappa shape index (κ3) is 4.03. The summed E-state index contributed by atoms with van der Waals surface area (Å²) in [5.41, 5.74) is 1.28. The number of ether oxygens (including phenoxy) is 2. The van der Waals surface area contributed by atoms with Crippen LogP contribution in [0.3, 0.4) is 0 Å². The van der Waals surface area contributed by atoms with E-state index in [1.165, 1.54) is 0 Å². The van der Waals surface area contributed by atoms with Crippen LogP contribution in [0.2, 0.25) is 5.02 Å². The number of amides is 1. The maximum atomic E-state index is 12.1. The van der Waals surface area contributed by atoms with Crippen molar-refractivity contribution in [3.63, 3.8) is 0 Å². The van der Waals surface area contributed by atoms with E-state index in [4.69, 9.17) is 21.1 Å². The van der Waals surface area contributed by atoms with Gasteiger partial charge in [-0.25, -0.2) is 0 Å². The number of aromatic nitrogens is 4. The average molecular weight is 378 g/mol. The summed E-state index contributed by atoms with van der Waals surface area (Å²) in [6.07, 6.45) is 3.15. The minimum absolute atomic E-state index is 0.00661. The van der Waals surface area contributed by atoms with Crippen LogP contribution in [-0.4, -0.2) is 52.5 Å². The van der Waals surface area contributed by atoms with Crippen molar-refractivity contribution in [3.8, 4) is 5.69 Å². The Kier molecular flexibility index (Phi) is 5.14. The quantitative estimate of drug-likeness (QED) is 0.795.